The first-order valence-corrected chi connectivity index (χ1v) is 8.41. The Kier molecular flexibility index (Phi) is 6.89. The zero-order chi connectivity index (χ0) is 16.9. The average molecular weight is 345 g/mol. The van der Waals surface area contributed by atoms with Crippen molar-refractivity contribution in [2.24, 2.45) is 5.92 Å². The van der Waals surface area contributed by atoms with E-state index in [1.54, 1.807) is 0 Å². The van der Waals surface area contributed by atoms with Crippen LogP contribution in [0.1, 0.15) is 22.2 Å². The van der Waals surface area contributed by atoms with E-state index < -0.39 is 11.2 Å². The summed E-state index contributed by atoms with van der Waals surface area (Å²) in [7, 11) is 2.65. The molecular weight excluding hydrogens is 326 g/mol. The van der Waals surface area contributed by atoms with Crippen molar-refractivity contribution in [3.63, 3.8) is 0 Å². The summed E-state index contributed by atoms with van der Waals surface area (Å²) in [6, 6.07) is 0. The van der Waals surface area contributed by atoms with Gasteiger partial charge in [0, 0.05) is 11.7 Å². The number of carbonyl (C=O) groups is 3. The second-order valence-electron chi connectivity index (χ2n) is 4.69. The van der Waals surface area contributed by atoms with Crippen LogP contribution in [0.25, 0.3) is 0 Å². The van der Waals surface area contributed by atoms with Gasteiger partial charge in [0.05, 0.1) is 19.9 Å². The molecule has 0 spiro atoms. The van der Waals surface area contributed by atoms with Crippen molar-refractivity contribution in [3.05, 3.63) is 15.8 Å². The van der Waals surface area contributed by atoms with Gasteiger partial charge in [0.15, 0.2) is 11.0 Å². The molecule has 2 rings (SSSR count). The van der Waals surface area contributed by atoms with E-state index >= 15 is 0 Å². The minimum absolute atomic E-state index is 0.00171. The van der Waals surface area contributed by atoms with Gasteiger partial charge in [-0.1, -0.05) is 6.92 Å². The highest BCUT2D eigenvalue weighted by Gasteiger charge is 2.37. The molecule has 2 heterocycles. The quantitative estimate of drug-likeness (QED) is 0.646. The van der Waals surface area contributed by atoms with Gasteiger partial charge in [-0.2, -0.15) is 0 Å². The first-order chi connectivity index (χ1) is 10.3. The van der Waals surface area contributed by atoms with Crippen LogP contribution in [0.4, 0.5) is 5.69 Å². The van der Waals surface area contributed by atoms with Crippen molar-refractivity contribution in [1.29, 1.82) is 0 Å². The number of aryl methyl sites for hydroxylation is 1. The van der Waals surface area contributed by atoms with E-state index in [4.69, 9.17) is 5.73 Å². The SMILES string of the molecule is COC(=O)C1SCC(C)C1=O.COC(=O)c1scc(C)c1N. The molecule has 8 heteroatoms. The lowest BCUT2D eigenvalue weighted by atomic mass is 10.1. The van der Waals surface area contributed by atoms with Gasteiger partial charge in [-0.15, -0.1) is 23.1 Å². The maximum Gasteiger partial charge on any atom is 0.350 e. The largest absolute Gasteiger partial charge is 0.468 e. The molecule has 6 nitrogen and oxygen atoms in total. The third-order valence-electron chi connectivity index (χ3n) is 3.07. The van der Waals surface area contributed by atoms with Gasteiger partial charge in [0.2, 0.25) is 0 Å². The Morgan fingerprint density at radius 2 is 1.95 bits per heavy atom. The molecule has 22 heavy (non-hydrogen) atoms. The number of methoxy groups -OCH3 is 2. The summed E-state index contributed by atoms with van der Waals surface area (Å²) in [6.45, 7) is 3.69. The number of hydrogen-bond donors (Lipinski definition) is 1. The zero-order valence-corrected chi connectivity index (χ0v) is 14.5. The Balaban J connectivity index is 0.000000220. The fourth-order valence-corrected chi connectivity index (χ4v) is 3.82. The molecule has 2 atom stereocenters. The Labute approximate surface area is 137 Å². The van der Waals surface area contributed by atoms with Crippen LogP contribution in [-0.2, 0) is 19.1 Å². The molecule has 1 aromatic heterocycles. The number of nitrogen functional groups attached to an aromatic ring is 1. The van der Waals surface area contributed by atoms with Gasteiger partial charge < -0.3 is 15.2 Å². The van der Waals surface area contributed by atoms with Crippen molar-refractivity contribution in [3.8, 4) is 0 Å². The maximum atomic E-state index is 11.2. The first kappa shape index (κ1) is 18.5. The van der Waals surface area contributed by atoms with E-state index in [1.165, 1.54) is 37.3 Å². The molecular formula is C14H19NO5S2. The number of nitrogens with two attached hydrogens (primary N) is 1. The predicted octanol–water partition coefficient (Wildman–Crippen LogP) is 1.91. The summed E-state index contributed by atoms with van der Waals surface area (Å²) >= 11 is 2.68. The summed E-state index contributed by atoms with van der Waals surface area (Å²) in [5, 5.41) is 1.27. The lowest BCUT2D eigenvalue weighted by molar-refractivity contribution is -0.142. The first-order valence-electron chi connectivity index (χ1n) is 6.48. The van der Waals surface area contributed by atoms with Crippen LogP contribution in [0.5, 0.6) is 0 Å². The monoisotopic (exact) mass is 345 g/mol. The molecule has 1 aliphatic heterocycles. The standard InChI is InChI=1S/C7H9NO2S.C7H10O3S/c2*1-4-3-11-6(5(4)8)7(9)10-2/h3H,8H2,1-2H3;4,6H,3H2,1-2H3. The zero-order valence-electron chi connectivity index (χ0n) is 12.9. The van der Waals surface area contributed by atoms with Crippen LogP contribution >= 0.6 is 23.1 Å². The normalized spacial score (nSPS) is 20.1. The highest BCUT2D eigenvalue weighted by atomic mass is 32.2. The number of thiophene rings is 1. The summed E-state index contributed by atoms with van der Waals surface area (Å²) < 4.78 is 8.99. The molecule has 1 fully saturated rings. The van der Waals surface area contributed by atoms with Crippen LogP contribution < -0.4 is 5.73 Å². The summed E-state index contributed by atoms with van der Waals surface area (Å²) in [5.41, 5.74) is 7.04. The molecule has 2 unspecified atom stereocenters. The third-order valence-corrected chi connectivity index (χ3v) is 5.61. The summed E-state index contributed by atoms with van der Waals surface area (Å²) in [6.07, 6.45) is 0. The maximum absolute atomic E-state index is 11.2. The highest BCUT2D eigenvalue weighted by molar-refractivity contribution is 8.01. The second-order valence-corrected chi connectivity index (χ2v) is 6.71. The second kappa shape index (κ2) is 8.19. The molecule has 0 saturated carbocycles. The minimum atomic E-state index is -0.560. The average Bonchev–Trinajstić information content (AvgIpc) is 3.02. The van der Waals surface area contributed by atoms with Crippen LogP contribution in [0.2, 0.25) is 0 Å². The van der Waals surface area contributed by atoms with Crippen LogP contribution in [0.15, 0.2) is 5.38 Å². The topological polar surface area (TPSA) is 95.7 Å². The number of Topliss-reactive ketones (excluding diaryl/α,β-unsaturated/α-hetero) is 1. The molecule has 1 aromatic rings. The molecule has 0 amide bonds. The van der Waals surface area contributed by atoms with Crippen molar-refractivity contribution >= 4 is 46.5 Å². The number of carbonyl (C=O) groups excluding carboxylic acids is 3. The number of thioether (sulfide) groups is 1. The van der Waals surface area contributed by atoms with E-state index in [-0.39, 0.29) is 17.7 Å². The van der Waals surface area contributed by atoms with Gasteiger partial charge in [0.1, 0.15) is 4.88 Å². The van der Waals surface area contributed by atoms with Gasteiger partial charge in [0.25, 0.3) is 0 Å². The molecule has 0 aliphatic carbocycles. The molecule has 1 saturated heterocycles. The van der Waals surface area contributed by atoms with E-state index in [0.717, 1.165) is 11.3 Å². The number of ketones is 1. The van der Waals surface area contributed by atoms with Crippen molar-refractivity contribution in [2.75, 3.05) is 25.7 Å². The lowest BCUT2D eigenvalue weighted by Crippen LogP contribution is -2.26. The molecule has 1 aliphatic rings. The van der Waals surface area contributed by atoms with Gasteiger partial charge in [-0.25, -0.2) is 4.79 Å². The van der Waals surface area contributed by atoms with E-state index in [2.05, 4.69) is 9.47 Å². The Bertz CT molecular complexity index is 570. The lowest BCUT2D eigenvalue weighted by Gasteiger charge is -2.03. The van der Waals surface area contributed by atoms with Crippen LogP contribution in [0.3, 0.4) is 0 Å². The molecule has 0 radical (unpaired) electrons. The Hall–Kier alpha value is -1.54. The highest BCUT2D eigenvalue weighted by Crippen LogP contribution is 2.28. The number of esters is 2. The molecule has 0 aromatic carbocycles. The van der Waals surface area contributed by atoms with E-state index in [1.807, 2.05) is 19.2 Å². The summed E-state index contributed by atoms with van der Waals surface area (Å²) in [4.78, 5) is 33.5. The van der Waals surface area contributed by atoms with Crippen molar-refractivity contribution in [2.45, 2.75) is 19.1 Å². The Morgan fingerprint density at radius 1 is 1.32 bits per heavy atom. The van der Waals surface area contributed by atoms with Crippen LogP contribution in [-0.4, -0.2) is 42.9 Å². The number of anilines is 1. The van der Waals surface area contributed by atoms with E-state index in [0.29, 0.717) is 10.6 Å². The molecule has 122 valence electrons. The molecule has 2 N–H and O–H groups in total. The van der Waals surface area contributed by atoms with Gasteiger partial charge in [-0.05, 0) is 17.9 Å². The molecule has 0 bridgehead atoms. The summed E-state index contributed by atoms with van der Waals surface area (Å²) in [5.74, 6) is -0.0330. The van der Waals surface area contributed by atoms with E-state index in [9.17, 15) is 14.4 Å². The smallest absolute Gasteiger partial charge is 0.350 e. The number of rotatable bonds is 2. The van der Waals surface area contributed by atoms with Crippen molar-refractivity contribution < 1.29 is 23.9 Å². The van der Waals surface area contributed by atoms with Crippen molar-refractivity contribution in [1.82, 2.24) is 0 Å². The number of hydrogen-bond acceptors (Lipinski definition) is 8. The number of ether oxygens (including phenoxy) is 2. The predicted molar refractivity (Wildman–Crippen MR) is 87.2 cm³/mol. The third kappa shape index (κ3) is 4.23. The van der Waals surface area contributed by atoms with Crippen LogP contribution in [0, 0.1) is 12.8 Å². The fourth-order valence-electron chi connectivity index (χ4n) is 1.66. The van der Waals surface area contributed by atoms with Gasteiger partial charge >= 0.3 is 11.9 Å². The minimum Gasteiger partial charge on any atom is -0.468 e. The fraction of sp³-hybridized carbons (Fsp3) is 0.500. The van der Waals surface area contributed by atoms with Gasteiger partial charge in [-0.3, -0.25) is 9.59 Å². The Morgan fingerprint density at radius 3 is 2.32 bits per heavy atom.